The van der Waals surface area contributed by atoms with Gasteiger partial charge in [0, 0.05) is 29.0 Å². The van der Waals surface area contributed by atoms with E-state index in [0.717, 1.165) is 12.5 Å². The molecule has 0 aliphatic carbocycles. The molecule has 0 aliphatic rings. The minimum Gasteiger partial charge on any atom is -0.345 e. The first kappa shape index (κ1) is 19.3. The van der Waals surface area contributed by atoms with E-state index in [1.165, 1.54) is 24.5 Å². The summed E-state index contributed by atoms with van der Waals surface area (Å²) in [5.74, 6) is -1.39. The van der Waals surface area contributed by atoms with Gasteiger partial charge in [0.15, 0.2) is 5.78 Å². The maximum atomic E-state index is 14.3. The minimum absolute atomic E-state index is 0.0449. The average molecular weight is 410 g/mol. The van der Waals surface area contributed by atoms with E-state index in [4.69, 9.17) is 11.6 Å². The quantitative estimate of drug-likeness (QED) is 0.574. The summed E-state index contributed by atoms with van der Waals surface area (Å²) in [4.78, 5) is 19.7. The van der Waals surface area contributed by atoms with E-state index in [1.807, 2.05) is 6.92 Å². The number of pyridine rings is 1. The lowest BCUT2D eigenvalue weighted by atomic mass is 10.0. The molecule has 0 bridgehead atoms. The van der Waals surface area contributed by atoms with Crippen LogP contribution in [0.5, 0.6) is 0 Å². The Morgan fingerprint density at radius 3 is 2.81 bits per heavy atom. The van der Waals surface area contributed by atoms with E-state index in [2.05, 4.69) is 14.7 Å². The fourth-order valence-electron chi connectivity index (χ4n) is 2.64. The fourth-order valence-corrected chi connectivity index (χ4v) is 4.05. The van der Waals surface area contributed by atoms with Crippen molar-refractivity contribution in [3.8, 4) is 0 Å². The number of nitrogens with zero attached hydrogens (tertiary/aromatic N) is 1. The predicted octanol–water partition coefficient (Wildman–Crippen LogP) is 4.13. The summed E-state index contributed by atoms with van der Waals surface area (Å²) >= 11 is 5.93. The molecule has 0 radical (unpaired) electrons. The van der Waals surface area contributed by atoms with Gasteiger partial charge in [-0.2, -0.15) is 0 Å². The summed E-state index contributed by atoms with van der Waals surface area (Å²) in [5.41, 5.74) is 0.530. The highest BCUT2D eigenvalue weighted by molar-refractivity contribution is 7.92. The normalized spacial score (nSPS) is 11.7. The Kier molecular flexibility index (Phi) is 5.48. The van der Waals surface area contributed by atoms with Gasteiger partial charge in [0.25, 0.3) is 0 Å². The Morgan fingerprint density at radius 1 is 1.30 bits per heavy atom. The van der Waals surface area contributed by atoms with Crippen LogP contribution in [0.25, 0.3) is 11.0 Å². The number of hydrogen-bond donors (Lipinski definition) is 2. The third-order valence-electron chi connectivity index (χ3n) is 3.99. The number of hydrogen-bond acceptors (Lipinski definition) is 4. The second-order valence-electron chi connectivity index (χ2n) is 6.05. The molecule has 27 heavy (non-hydrogen) atoms. The molecule has 2 N–H and O–H groups in total. The Labute approximate surface area is 160 Å². The molecule has 3 aromatic rings. The number of unbranched alkanes of at least 4 members (excludes halogenated alkanes) is 1. The molecular formula is C18H17ClFN3O3S. The van der Waals surface area contributed by atoms with E-state index in [-0.39, 0.29) is 22.6 Å². The molecule has 2 aromatic heterocycles. The number of sulfonamides is 1. The molecule has 0 spiro atoms. The van der Waals surface area contributed by atoms with Crippen LogP contribution < -0.4 is 4.72 Å². The van der Waals surface area contributed by atoms with Crippen molar-refractivity contribution in [1.29, 1.82) is 0 Å². The third kappa shape index (κ3) is 4.28. The zero-order chi connectivity index (χ0) is 19.6. The van der Waals surface area contributed by atoms with Crippen molar-refractivity contribution in [1.82, 2.24) is 9.97 Å². The summed E-state index contributed by atoms with van der Waals surface area (Å²) in [6.45, 7) is 1.88. The minimum atomic E-state index is -3.56. The number of halogens is 2. The van der Waals surface area contributed by atoms with Crippen LogP contribution in [0.3, 0.4) is 0 Å². The Hall–Kier alpha value is -2.45. The van der Waals surface area contributed by atoms with Crippen LogP contribution in [0.15, 0.2) is 36.7 Å². The number of rotatable bonds is 7. The van der Waals surface area contributed by atoms with Crippen LogP contribution in [-0.2, 0) is 10.0 Å². The van der Waals surface area contributed by atoms with Gasteiger partial charge in [-0.1, -0.05) is 24.9 Å². The largest absolute Gasteiger partial charge is 0.345 e. The highest BCUT2D eigenvalue weighted by Gasteiger charge is 2.20. The highest BCUT2D eigenvalue weighted by atomic mass is 35.5. The Balaban J connectivity index is 1.96. The maximum absolute atomic E-state index is 14.3. The number of nitrogens with one attached hydrogen (secondary N) is 2. The molecule has 6 nitrogen and oxygen atoms in total. The molecule has 0 saturated carbocycles. The van der Waals surface area contributed by atoms with Gasteiger partial charge in [-0.05, 0) is 30.7 Å². The van der Waals surface area contributed by atoms with E-state index in [9.17, 15) is 17.6 Å². The Bertz CT molecular complexity index is 1110. The van der Waals surface area contributed by atoms with Gasteiger partial charge in [-0.15, -0.1) is 0 Å². The third-order valence-corrected chi connectivity index (χ3v) is 5.57. The van der Waals surface area contributed by atoms with E-state index < -0.39 is 21.6 Å². The number of H-pyrrole nitrogens is 1. The van der Waals surface area contributed by atoms with Crippen molar-refractivity contribution in [3.05, 3.63) is 58.6 Å². The number of aromatic amines is 1. The van der Waals surface area contributed by atoms with Crippen LogP contribution in [0.4, 0.5) is 10.1 Å². The maximum Gasteiger partial charge on any atom is 0.232 e. The predicted molar refractivity (Wildman–Crippen MR) is 103 cm³/mol. The van der Waals surface area contributed by atoms with Gasteiger partial charge in [0.2, 0.25) is 10.0 Å². The summed E-state index contributed by atoms with van der Waals surface area (Å²) in [6, 6.07) is 5.09. The van der Waals surface area contributed by atoms with Crippen LogP contribution in [0, 0.1) is 5.82 Å². The molecule has 142 valence electrons. The lowest BCUT2D eigenvalue weighted by Crippen LogP contribution is -2.17. The van der Waals surface area contributed by atoms with Crippen molar-refractivity contribution in [3.63, 3.8) is 0 Å². The molecule has 1 aromatic carbocycles. The van der Waals surface area contributed by atoms with Gasteiger partial charge in [0.1, 0.15) is 11.5 Å². The summed E-state index contributed by atoms with van der Waals surface area (Å²) in [6.07, 6.45) is 4.09. The van der Waals surface area contributed by atoms with E-state index in [1.54, 1.807) is 6.07 Å². The van der Waals surface area contributed by atoms with E-state index >= 15 is 0 Å². The van der Waals surface area contributed by atoms with Gasteiger partial charge >= 0.3 is 0 Å². The standard InChI is InChI=1S/C18H17ClFN3O3S/c1-2-3-6-27(25,26)23-12-4-5-16(20)14(8-12)17(24)15-10-22-18-13(15)7-11(19)9-21-18/h4-5,7-10,23H,2-3,6H2,1H3,(H,21,22). The SMILES string of the molecule is CCCCS(=O)(=O)Nc1ccc(F)c(C(=O)c2c[nH]c3ncc(Cl)cc23)c1. The van der Waals surface area contributed by atoms with E-state index in [0.29, 0.717) is 22.5 Å². The zero-order valence-corrected chi connectivity index (χ0v) is 16.0. The number of carbonyl (C=O) groups is 1. The first-order valence-electron chi connectivity index (χ1n) is 8.28. The number of benzene rings is 1. The molecule has 0 saturated heterocycles. The van der Waals surface area contributed by atoms with Crippen molar-refractivity contribution < 1.29 is 17.6 Å². The summed E-state index contributed by atoms with van der Waals surface area (Å²) in [7, 11) is -3.56. The van der Waals surface area contributed by atoms with Gasteiger partial charge in [-0.25, -0.2) is 17.8 Å². The summed E-state index contributed by atoms with van der Waals surface area (Å²) in [5, 5.41) is 0.801. The lowest BCUT2D eigenvalue weighted by Gasteiger charge is -2.09. The number of carbonyl (C=O) groups excluding carboxylic acids is 1. The Morgan fingerprint density at radius 2 is 2.07 bits per heavy atom. The molecule has 3 rings (SSSR count). The molecule has 0 atom stereocenters. The zero-order valence-electron chi connectivity index (χ0n) is 14.4. The molecular weight excluding hydrogens is 393 g/mol. The second-order valence-corrected chi connectivity index (χ2v) is 8.33. The molecule has 0 aliphatic heterocycles. The molecule has 0 fully saturated rings. The van der Waals surface area contributed by atoms with Gasteiger partial charge in [-0.3, -0.25) is 9.52 Å². The number of anilines is 1. The van der Waals surface area contributed by atoms with Crippen LogP contribution in [0.1, 0.15) is 35.7 Å². The first-order chi connectivity index (χ1) is 12.8. The van der Waals surface area contributed by atoms with Crippen LogP contribution in [-0.4, -0.2) is 29.9 Å². The van der Waals surface area contributed by atoms with Crippen molar-refractivity contribution in [2.75, 3.05) is 10.5 Å². The van der Waals surface area contributed by atoms with Crippen LogP contribution >= 0.6 is 11.6 Å². The fraction of sp³-hybridized carbons (Fsp3) is 0.222. The molecule has 2 heterocycles. The second kappa shape index (κ2) is 7.66. The smallest absolute Gasteiger partial charge is 0.232 e. The first-order valence-corrected chi connectivity index (χ1v) is 10.3. The lowest BCUT2D eigenvalue weighted by molar-refractivity contribution is 0.103. The molecule has 9 heteroatoms. The number of fused-ring (bicyclic) bond motifs is 1. The van der Waals surface area contributed by atoms with Gasteiger partial charge in [0.05, 0.1) is 16.3 Å². The summed E-state index contributed by atoms with van der Waals surface area (Å²) < 4.78 is 40.8. The van der Waals surface area contributed by atoms with Crippen molar-refractivity contribution >= 4 is 44.1 Å². The van der Waals surface area contributed by atoms with Crippen molar-refractivity contribution in [2.24, 2.45) is 0 Å². The highest BCUT2D eigenvalue weighted by Crippen LogP contribution is 2.25. The number of ketones is 1. The average Bonchev–Trinajstić information content (AvgIpc) is 3.04. The topological polar surface area (TPSA) is 91.9 Å². The van der Waals surface area contributed by atoms with Crippen molar-refractivity contribution in [2.45, 2.75) is 19.8 Å². The van der Waals surface area contributed by atoms with Crippen LogP contribution in [0.2, 0.25) is 5.02 Å². The monoisotopic (exact) mass is 409 g/mol. The molecule has 0 unspecified atom stereocenters. The van der Waals surface area contributed by atoms with Gasteiger partial charge < -0.3 is 4.98 Å². The molecule has 0 amide bonds. The number of aromatic nitrogens is 2.